The summed E-state index contributed by atoms with van der Waals surface area (Å²) >= 11 is 1.45. The van der Waals surface area contributed by atoms with Gasteiger partial charge in [0.25, 0.3) is 11.5 Å². The van der Waals surface area contributed by atoms with Gasteiger partial charge in [0.05, 0.1) is 17.4 Å². The minimum absolute atomic E-state index is 0.0102. The van der Waals surface area contributed by atoms with Crippen LogP contribution in [-0.4, -0.2) is 70.6 Å². The standard InChI is InChI=1S/C23H26N4O4S/c28-21-14-17(24-23-27(21)11-13-32-23)15-25-7-9-26(10-8-25)22(29)19-5-1-2-6-20(19)31-16-18-4-3-12-30-18/h1-2,5-6,11,13-14,18H,3-4,7-10,12,15-16H2. The zero-order valence-electron chi connectivity index (χ0n) is 17.8. The molecule has 2 aromatic heterocycles. The second-order valence-corrected chi connectivity index (χ2v) is 9.02. The van der Waals surface area contributed by atoms with E-state index >= 15 is 0 Å². The molecule has 8 nitrogen and oxygen atoms in total. The average molecular weight is 455 g/mol. The zero-order chi connectivity index (χ0) is 21.9. The summed E-state index contributed by atoms with van der Waals surface area (Å²) in [5.74, 6) is 0.605. The number of hydrogen-bond donors (Lipinski definition) is 0. The Labute approximate surface area is 190 Å². The Morgan fingerprint density at radius 2 is 2.06 bits per heavy atom. The predicted molar refractivity (Wildman–Crippen MR) is 121 cm³/mol. The number of fused-ring (bicyclic) bond motifs is 1. The van der Waals surface area contributed by atoms with E-state index in [2.05, 4.69) is 9.88 Å². The number of para-hydroxylation sites is 1. The number of amides is 1. The van der Waals surface area contributed by atoms with Crippen molar-refractivity contribution in [2.45, 2.75) is 25.5 Å². The number of ether oxygens (including phenoxy) is 2. The lowest BCUT2D eigenvalue weighted by Gasteiger charge is -2.34. The minimum Gasteiger partial charge on any atom is -0.490 e. The second-order valence-electron chi connectivity index (χ2n) is 8.15. The lowest BCUT2D eigenvalue weighted by molar-refractivity contribution is 0.0592. The predicted octanol–water partition coefficient (Wildman–Crippen LogP) is 2.27. The number of aromatic nitrogens is 2. The van der Waals surface area contributed by atoms with Crippen LogP contribution in [0.5, 0.6) is 5.75 Å². The van der Waals surface area contributed by atoms with Crippen LogP contribution in [0.15, 0.2) is 46.7 Å². The molecule has 1 aromatic carbocycles. The summed E-state index contributed by atoms with van der Waals surface area (Å²) in [5, 5.41) is 1.86. The second kappa shape index (κ2) is 9.40. The molecule has 1 amide bonds. The van der Waals surface area contributed by atoms with E-state index in [4.69, 9.17) is 9.47 Å². The Morgan fingerprint density at radius 3 is 2.88 bits per heavy atom. The third kappa shape index (κ3) is 4.55. The largest absolute Gasteiger partial charge is 0.490 e. The lowest BCUT2D eigenvalue weighted by atomic mass is 10.1. The zero-order valence-corrected chi connectivity index (χ0v) is 18.6. The molecular weight excluding hydrogens is 428 g/mol. The number of rotatable bonds is 6. The fourth-order valence-corrected chi connectivity index (χ4v) is 4.94. The van der Waals surface area contributed by atoms with Gasteiger partial charge >= 0.3 is 0 Å². The monoisotopic (exact) mass is 454 g/mol. The third-order valence-electron chi connectivity index (χ3n) is 5.97. The summed E-state index contributed by atoms with van der Waals surface area (Å²) in [6.07, 6.45) is 3.91. The molecule has 0 bridgehead atoms. The molecule has 3 aromatic rings. The van der Waals surface area contributed by atoms with Crippen molar-refractivity contribution in [3.8, 4) is 5.75 Å². The van der Waals surface area contributed by atoms with E-state index in [-0.39, 0.29) is 17.6 Å². The van der Waals surface area contributed by atoms with E-state index in [1.807, 2.05) is 34.5 Å². The first-order valence-corrected chi connectivity index (χ1v) is 11.9. The fraction of sp³-hybridized carbons (Fsp3) is 0.435. The Balaban J connectivity index is 1.19. The van der Waals surface area contributed by atoms with E-state index in [0.717, 1.165) is 38.2 Å². The molecule has 4 heterocycles. The molecule has 2 fully saturated rings. The maximum absolute atomic E-state index is 13.2. The highest BCUT2D eigenvalue weighted by Gasteiger charge is 2.25. The van der Waals surface area contributed by atoms with Crippen LogP contribution in [0.2, 0.25) is 0 Å². The molecular formula is C23H26N4O4S. The molecule has 32 heavy (non-hydrogen) atoms. The van der Waals surface area contributed by atoms with Gasteiger partial charge in [0.1, 0.15) is 12.4 Å². The van der Waals surface area contributed by atoms with Gasteiger partial charge in [-0.1, -0.05) is 12.1 Å². The molecule has 9 heteroatoms. The number of carbonyl (C=O) groups excluding carboxylic acids is 1. The van der Waals surface area contributed by atoms with E-state index in [9.17, 15) is 9.59 Å². The molecule has 2 aliphatic rings. The van der Waals surface area contributed by atoms with Gasteiger partial charge < -0.3 is 14.4 Å². The quantitative estimate of drug-likeness (QED) is 0.569. The van der Waals surface area contributed by atoms with Gasteiger partial charge in [0.15, 0.2) is 4.96 Å². The number of thiazole rings is 1. The summed E-state index contributed by atoms with van der Waals surface area (Å²) in [6.45, 7) is 4.57. The van der Waals surface area contributed by atoms with E-state index in [0.29, 0.717) is 42.5 Å². The van der Waals surface area contributed by atoms with Crippen molar-refractivity contribution >= 4 is 22.2 Å². The Morgan fingerprint density at radius 1 is 1.22 bits per heavy atom. The van der Waals surface area contributed by atoms with Crippen molar-refractivity contribution in [3.63, 3.8) is 0 Å². The van der Waals surface area contributed by atoms with Crippen molar-refractivity contribution in [3.05, 3.63) is 63.5 Å². The van der Waals surface area contributed by atoms with Gasteiger partial charge in [0.2, 0.25) is 0 Å². The number of nitrogens with zero attached hydrogens (tertiary/aromatic N) is 4. The minimum atomic E-state index is -0.0559. The SMILES string of the molecule is O=C(c1ccccc1OCC1CCCO1)N1CCN(Cc2cc(=O)n3ccsc3n2)CC1. The molecule has 1 unspecified atom stereocenters. The maximum atomic E-state index is 13.2. The van der Waals surface area contributed by atoms with Crippen LogP contribution in [0.4, 0.5) is 0 Å². The van der Waals surface area contributed by atoms with Crippen molar-refractivity contribution in [1.29, 1.82) is 0 Å². The van der Waals surface area contributed by atoms with Crippen LogP contribution >= 0.6 is 11.3 Å². The first-order chi connectivity index (χ1) is 15.7. The first kappa shape index (κ1) is 21.1. The molecule has 5 rings (SSSR count). The van der Waals surface area contributed by atoms with Crippen molar-refractivity contribution < 1.29 is 14.3 Å². The van der Waals surface area contributed by atoms with Gasteiger partial charge in [-0.05, 0) is 25.0 Å². The summed E-state index contributed by atoms with van der Waals surface area (Å²) < 4.78 is 13.1. The van der Waals surface area contributed by atoms with E-state index < -0.39 is 0 Å². The normalized spacial score (nSPS) is 19.5. The van der Waals surface area contributed by atoms with Crippen LogP contribution in [0.25, 0.3) is 4.96 Å². The Kier molecular flexibility index (Phi) is 6.20. The molecule has 2 saturated heterocycles. The molecule has 0 aliphatic carbocycles. The fourth-order valence-electron chi connectivity index (χ4n) is 4.21. The third-order valence-corrected chi connectivity index (χ3v) is 6.72. The average Bonchev–Trinajstić information content (AvgIpc) is 3.50. The highest BCUT2D eigenvalue weighted by molar-refractivity contribution is 7.15. The van der Waals surface area contributed by atoms with Crippen molar-refractivity contribution in [2.75, 3.05) is 39.4 Å². The number of hydrogen-bond acceptors (Lipinski definition) is 7. The van der Waals surface area contributed by atoms with Gasteiger partial charge in [-0.15, -0.1) is 11.3 Å². The molecule has 168 valence electrons. The number of benzene rings is 1. The number of carbonyl (C=O) groups is 1. The molecule has 0 radical (unpaired) electrons. The van der Waals surface area contributed by atoms with Crippen LogP contribution in [-0.2, 0) is 11.3 Å². The Hall–Kier alpha value is -2.75. The van der Waals surface area contributed by atoms with Crippen LogP contribution in [0, 0.1) is 0 Å². The van der Waals surface area contributed by atoms with Crippen LogP contribution < -0.4 is 10.3 Å². The molecule has 1 atom stereocenters. The Bertz CT molecular complexity index is 1150. The van der Waals surface area contributed by atoms with Gasteiger partial charge in [-0.25, -0.2) is 4.98 Å². The van der Waals surface area contributed by atoms with Crippen LogP contribution in [0.1, 0.15) is 28.9 Å². The highest BCUT2D eigenvalue weighted by atomic mass is 32.1. The van der Waals surface area contributed by atoms with Crippen LogP contribution in [0.3, 0.4) is 0 Å². The first-order valence-electron chi connectivity index (χ1n) is 11.0. The molecule has 0 N–H and O–H groups in total. The molecule has 0 spiro atoms. The summed E-state index contributed by atoms with van der Waals surface area (Å²) in [7, 11) is 0. The lowest BCUT2D eigenvalue weighted by Crippen LogP contribution is -2.48. The number of piperazine rings is 1. The highest BCUT2D eigenvalue weighted by Crippen LogP contribution is 2.23. The van der Waals surface area contributed by atoms with Gasteiger partial charge in [0, 0.05) is 57.0 Å². The summed E-state index contributed by atoms with van der Waals surface area (Å²) in [4.78, 5) is 34.8. The summed E-state index contributed by atoms with van der Waals surface area (Å²) in [6, 6.07) is 9.03. The summed E-state index contributed by atoms with van der Waals surface area (Å²) in [5.41, 5.74) is 1.31. The van der Waals surface area contributed by atoms with Crippen molar-refractivity contribution in [2.24, 2.45) is 0 Å². The van der Waals surface area contributed by atoms with Crippen molar-refractivity contribution in [1.82, 2.24) is 19.2 Å². The van der Waals surface area contributed by atoms with E-state index in [1.54, 1.807) is 16.7 Å². The van der Waals surface area contributed by atoms with Gasteiger partial charge in [-0.3, -0.25) is 18.9 Å². The smallest absolute Gasteiger partial charge is 0.258 e. The topological polar surface area (TPSA) is 76.4 Å². The van der Waals surface area contributed by atoms with E-state index in [1.165, 1.54) is 11.3 Å². The maximum Gasteiger partial charge on any atom is 0.258 e. The molecule has 2 aliphatic heterocycles. The molecule has 0 saturated carbocycles. The van der Waals surface area contributed by atoms with Gasteiger partial charge in [-0.2, -0.15) is 0 Å².